The lowest BCUT2D eigenvalue weighted by Gasteiger charge is -2.38. The van der Waals surface area contributed by atoms with E-state index < -0.39 is 0 Å². The van der Waals surface area contributed by atoms with Crippen molar-refractivity contribution in [3.05, 3.63) is 66.4 Å². The number of amides is 1. The third-order valence-corrected chi connectivity index (χ3v) is 6.20. The van der Waals surface area contributed by atoms with Crippen LogP contribution in [0.4, 0.5) is 17.3 Å². The molecule has 1 unspecified atom stereocenters. The number of carbonyl (C=O) groups excluding carboxylic acids is 1. The number of hydrogen-bond acceptors (Lipinski definition) is 7. The van der Waals surface area contributed by atoms with Gasteiger partial charge in [-0.25, -0.2) is 9.97 Å². The minimum atomic E-state index is -0.277. The Bertz CT molecular complexity index is 1180. The van der Waals surface area contributed by atoms with Crippen LogP contribution in [-0.4, -0.2) is 47.7 Å². The van der Waals surface area contributed by atoms with Crippen LogP contribution in [0.5, 0.6) is 0 Å². The van der Waals surface area contributed by atoms with Gasteiger partial charge in [0.15, 0.2) is 0 Å². The molecule has 5 rings (SSSR count). The maximum atomic E-state index is 12.0. The van der Waals surface area contributed by atoms with Crippen molar-refractivity contribution in [3.8, 4) is 17.3 Å². The summed E-state index contributed by atoms with van der Waals surface area (Å²) in [5.41, 5.74) is 4.30. The van der Waals surface area contributed by atoms with E-state index in [0.717, 1.165) is 49.5 Å². The van der Waals surface area contributed by atoms with Crippen LogP contribution in [0.2, 0.25) is 0 Å². The zero-order valence-electron chi connectivity index (χ0n) is 18.1. The minimum Gasteiger partial charge on any atom is -0.373 e. The van der Waals surface area contributed by atoms with Crippen molar-refractivity contribution in [3.63, 3.8) is 0 Å². The molecule has 0 saturated carbocycles. The van der Waals surface area contributed by atoms with Crippen molar-refractivity contribution in [2.24, 2.45) is 0 Å². The summed E-state index contributed by atoms with van der Waals surface area (Å²) < 4.78 is 5.81. The van der Waals surface area contributed by atoms with E-state index in [1.54, 1.807) is 18.3 Å². The van der Waals surface area contributed by atoms with E-state index in [9.17, 15) is 4.79 Å². The SMILES string of the molecule is N#CCNC(=O)c1ccc(-c2ccnc(Nc3ccc(N4CCC5(CCO5)C4)cc3)n2)cc1. The Balaban J connectivity index is 1.24. The monoisotopic (exact) mass is 440 g/mol. The molecule has 2 N–H and O–H groups in total. The van der Waals surface area contributed by atoms with E-state index in [2.05, 4.69) is 37.6 Å². The predicted octanol–water partition coefficient (Wildman–Crippen LogP) is 3.51. The van der Waals surface area contributed by atoms with Gasteiger partial charge in [0.25, 0.3) is 5.91 Å². The number of carbonyl (C=O) groups is 1. The van der Waals surface area contributed by atoms with Crippen LogP contribution in [0.1, 0.15) is 23.2 Å². The highest BCUT2D eigenvalue weighted by Crippen LogP contribution is 2.38. The molecule has 2 aliphatic rings. The first-order valence-corrected chi connectivity index (χ1v) is 11.0. The molecular weight excluding hydrogens is 416 g/mol. The Kier molecular flexibility index (Phi) is 5.63. The van der Waals surface area contributed by atoms with Crippen LogP contribution >= 0.6 is 0 Å². The van der Waals surface area contributed by atoms with Gasteiger partial charge in [0.05, 0.1) is 24.0 Å². The maximum Gasteiger partial charge on any atom is 0.252 e. The Morgan fingerprint density at radius 2 is 1.91 bits per heavy atom. The lowest BCUT2D eigenvalue weighted by molar-refractivity contribution is -0.130. The van der Waals surface area contributed by atoms with Gasteiger partial charge in [-0.1, -0.05) is 12.1 Å². The van der Waals surface area contributed by atoms with Gasteiger partial charge in [-0.15, -0.1) is 0 Å². The van der Waals surface area contributed by atoms with Gasteiger partial charge in [-0.05, 0) is 48.9 Å². The van der Waals surface area contributed by atoms with E-state index in [0.29, 0.717) is 11.5 Å². The first kappa shape index (κ1) is 20.9. The van der Waals surface area contributed by atoms with Gasteiger partial charge in [0.1, 0.15) is 6.54 Å². The standard InChI is InChI=1S/C25H24N6O2/c26-12-14-27-23(32)19-3-1-18(2-4-19)22-9-13-28-24(30-22)29-20-5-7-21(8-6-20)31-15-10-25(17-31)11-16-33-25/h1-9,13H,10-11,14-17H2,(H,27,32)(H,28,29,30). The smallest absolute Gasteiger partial charge is 0.252 e. The van der Waals surface area contributed by atoms with E-state index in [1.165, 1.54) is 5.69 Å². The van der Waals surface area contributed by atoms with Crippen molar-refractivity contribution in [1.29, 1.82) is 5.26 Å². The second-order valence-electron chi connectivity index (χ2n) is 8.31. The minimum absolute atomic E-state index is 0.0181. The third-order valence-electron chi connectivity index (χ3n) is 6.20. The molecule has 3 heterocycles. The lowest BCUT2D eigenvalue weighted by Crippen LogP contribution is -2.45. The summed E-state index contributed by atoms with van der Waals surface area (Å²) >= 11 is 0. The summed E-state index contributed by atoms with van der Waals surface area (Å²) in [4.78, 5) is 23.3. The van der Waals surface area contributed by atoms with Gasteiger partial charge in [0, 0.05) is 48.2 Å². The molecule has 2 aliphatic heterocycles. The highest BCUT2D eigenvalue weighted by atomic mass is 16.5. The predicted molar refractivity (Wildman–Crippen MR) is 125 cm³/mol. The molecule has 0 radical (unpaired) electrons. The van der Waals surface area contributed by atoms with E-state index in [1.807, 2.05) is 36.4 Å². The molecule has 2 saturated heterocycles. The van der Waals surface area contributed by atoms with Gasteiger partial charge < -0.3 is 20.3 Å². The van der Waals surface area contributed by atoms with E-state index >= 15 is 0 Å². The zero-order chi connectivity index (χ0) is 22.7. The van der Waals surface area contributed by atoms with Gasteiger partial charge in [-0.3, -0.25) is 4.79 Å². The molecule has 0 aliphatic carbocycles. The molecule has 1 amide bonds. The number of benzene rings is 2. The fraction of sp³-hybridized carbons (Fsp3) is 0.280. The highest BCUT2D eigenvalue weighted by molar-refractivity contribution is 5.94. The van der Waals surface area contributed by atoms with Crippen LogP contribution in [0.25, 0.3) is 11.3 Å². The number of rotatable bonds is 6. The number of aromatic nitrogens is 2. The molecule has 1 spiro atoms. The average molecular weight is 441 g/mol. The summed E-state index contributed by atoms with van der Waals surface area (Å²) in [5.74, 6) is 0.222. The normalized spacial score (nSPS) is 19.1. The van der Waals surface area contributed by atoms with Crippen molar-refractivity contribution < 1.29 is 9.53 Å². The van der Waals surface area contributed by atoms with Crippen molar-refractivity contribution in [2.45, 2.75) is 18.4 Å². The highest BCUT2D eigenvalue weighted by Gasteiger charge is 2.44. The fourth-order valence-corrected chi connectivity index (χ4v) is 4.26. The van der Waals surface area contributed by atoms with Crippen LogP contribution in [0.3, 0.4) is 0 Å². The number of ether oxygens (including phenoxy) is 1. The number of nitrogens with one attached hydrogen (secondary N) is 2. The molecule has 8 heteroatoms. The van der Waals surface area contributed by atoms with Gasteiger partial charge in [0.2, 0.25) is 5.95 Å². The Morgan fingerprint density at radius 1 is 1.12 bits per heavy atom. The van der Waals surface area contributed by atoms with Crippen LogP contribution in [0, 0.1) is 11.3 Å². The van der Waals surface area contributed by atoms with Gasteiger partial charge in [-0.2, -0.15) is 5.26 Å². The van der Waals surface area contributed by atoms with Crippen molar-refractivity contribution in [2.75, 3.05) is 36.5 Å². The van der Waals surface area contributed by atoms with Crippen LogP contribution in [0.15, 0.2) is 60.8 Å². The Labute approximate surface area is 192 Å². The van der Waals surface area contributed by atoms with Crippen LogP contribution in [-0.2, 0) is 4.74 Å². The molecule has 2 aromatic carbocycles. The Morgan fingerprint density at radius 3 is 2.58 bits per heavy atom. The van der Waals surface area contributed by atoms with Crippen molar-refractivity contribution >= 4 is 23.2 Å². The summed E-state index contributed by atoms with van der Waals surface area (Å²) in [5, 5.41) is 14.4. The topological polar surface area (TPSA) is 103 Å². The molecule has 33 heavy (non-hydrogen) atoms. The van der Waals surface area contributed by atoms with Crippen molar-refractivity contribution in [1.82, 2.24) is 15.3 Å². The fourth-order valence-electron chi connectivity index (χ4n) is 4.26. The summed E-state index contributed by atoms with van der Waals surface area (Å²) in [6.45, 7) is 2.85. The zero-order valence-corrected chi connectivity index (χ0v) is 18.1. The number of hydrogen-bond donors (Lipinski definition) is 2. The number of nitrogens with zero attached hydrogens (tertiary/aromatic N) is 4. The molecule has 0 bridgehead atoms. The lowest BCUT2D eigenvalue weighted by atomic mass is 9.94. The molecule has 166 valence electrons. The van der Waals surface area contributed by atoms with E-state index in [-0.39, 0.29) is 18.1 Å². The Hall–Kier alpha value is -3.96. The van der Waals surface area contributed by atoms with Gasteiger partial charge >= 0.3 is 0 Å². The van der Waals surface area contributed by atoms with E-state index in [4.69, 9.17) is 10.00 Å². The number of nitriles is 1. The molecule has 3 aromatic rings. The number of anilines is 3. The first-order chi connectivity index (χ1) is 16.1. The quantitative estimate of drug-likeness (QED) is 0.566. The molecule has 8 nitrogen and oxygen atoms in total. The second-order valence-corrected chi connectivity index (χ2v) is 8.31. The summed E-state index contributed by atoms with van der Waals surface area (Å²) in [6, 6.07) is 19.1. The average Bonchev–Trinajstić information content (AvgIpc) is 3.30. The second kappa shape index (κ2) is 8.88. The molecule has 1 atom stereocenters. The summed E-state index contributed by atoms with van der Waals surface area (Å²) in [7, 11) is 0. The summed E-state index contributed by atoms with van der Waals surface area (Å²) in [6.07, 6.45) is 3.96. The molecule has 1 aromatic heterocycles. The first-order valence-electron chi connectivity index (χ1n) is 11.0. The third kappa shape index (κ3) is 4.49. The largest absolute Gasteiger partial charge is 0.373 e. The molecular formula is C25H24N6O2. The maximum absolute atomic E-state index is 12.0. The molecule has 2 fully saturated rings. The van der Waals surface area contributed by atoms with Crippen LogP contribution < -0.4 is 15.5 Å².